The number of halogens is 1. The summed E-state index contributed by atoms with van der Waals surface area (Å²) in [6.07, 6.45) is 2.39. The van der Waals surface area contributed by atoms with Crippen molar-refractivity contribution in [1.29, 1.82) is 0 Å². The smallest absolute Gasteiger partial charge is 0.258 e. The highest BCUT2D eigenvalue weighted by Crippen LogP contribution is 2.27. The molecule has 3 nitrogen and oxygen atoms in total. The zero-order valence-electron chi connectivity index (χ0n) is 9.11. The molecule has 1 aromatic carbocycles. The van der Waals surface area contributed by atoms with Crippen molar-refractivity contribution in [2.45, 2.75) is 25.5 Å². The number of rotatable bonds is 6. The Labute approximate surface area is 108 Å². The predicted octanol–water partition coefficient (Wildman–Crippen LogP) is 4.39. The highest BCUT2D eigenvalue weighted by molar-refractivity contribution is 9.10. The van der Waals surface area contributed by atoms with Crippen LogP contribution < -0.4 is 0 Å². The summed E-state index contributed by atoms with van der Waals surface area (Å²) in [5.74, 6) is 1.95. The molecule has 0 atom stereocenters. The molecule has 0 N–H and O–H groups in total. The Morgan fingerprint density at radius 1 is 1.50 bits per heavy atom. The Morgan fingerprint density at radius 3 is 2.88 bits per heavy atom. The molecule has 1 rings (SSSR count). The largest absolute Gasteiger partial charge is 0.283 e. The van der Waals surface area contributed by atoms with Crippen LogP contribution in [0.3, 0.4) is 0 Å². The molecular weight excluding hydrogens is 290 g/mol. The first-order chi connectivity index (χ1) is 7.65. The van der Waals surface area contributed by atoms with Gasteiger partial charge in [-0.25, -0.2) is 0 Å². The number of hydrogen-bond acceptors (Lipinski definition) is 3. The van der Waals surface area contributed by atoms with Gasteiger partial charge in [0, 0.05) is 11.8 Å². The summed E-state index contributed by atoms with van der Waals surface area (Å²) in [5, 5.41) is 10.7. The molecule has 0 saturated carbocycles. The molecule has 0 saturated heterocycles. The van der Waals surface area contributed by atoms with E-state index in [1.54, 1.807) is 12.1 Å². The van der Waals surface area contributed by atoms with Crippen LogP contribution in [0.25, 0.3) is 0 Å². The van der Waals surface area contributed by atoms with Crippen molar-refractivity contribution >= 4 is 33.4 Å². The average molecular weight is 304 g/mol. The summed E-state index contributed by atoms with van der Waals surface area (Å²) in [6.45, 7) is 2.16. The van der Waals surface area contributed by atoms with Gasteiger partial charge in [0.25, 0.3) is 5.69 Å². The predicted molar refractivity (Wildman–Crippen MR) is 71.9 cm³/mol. The van der Waals surface area contributed by atoms with E-state index >= 15 is 0 Å². The van der Waals surface area contributed by atoms with Gasteiger partial charge in [-0.2, -0.15) is 11.8 Å². The Bertz CT molecular complexity index is 371. The lowest BCUT2D eigenvalue weighted by atomic mass is 10.2. The van der Waals surface area contributed by atoms with Crippen molar-refractivity contribution in [2.24, 2.45) is 0 Å². The Hall–Kier alpha value is -0.550. The van der Waals surface area contributed by atoms with Crippen LogP contribution >= 0.6 is 27.7 Å². The van der Waals surface area contributed by atoms with Crippen LogP contribution in [-0.4, -0.2) is 10.7 Å². The van der Waals surface area contributed by atoms with E-state index in [0.29, 0.717) is 4.47 Å². The minimum Gasteiger partial charge on any atom is -0.258 e. The first kappa shape index (κ1) is 13.5. The van der Waals surface area contributed by atoms with Crippen molar-refractivity contribution in [3.8, 4) is 0 Å². The number of nitro benzene ring substituents is 1. The van der Waals surface area contributed by atoms with Crippen LogP contribution in [0.1, 0.15) is 25.3 Å². The molecule has 0 aliphatic rings. The lowest BCUT2D eigenvalue weighted by molar-refractivity contribution is -0.385. The Morgan fingerprint density at radius 2 is 2.25 bits per heavy atom. The summed E-state index contributed by atoms with van der Waals surface area (Å²) in [7, 11) is 0. The second-order valence-corrected chi connectivity index (χ2v) is 5.41. The second kappa shape index (κ2) is 6.91. The highest BCUT2D eigenvalue weighted by Gasteiger charge is 2.11. The third-order valence-electron chi connectivity index (χ3n) is 2.12. The fraction of sp³-hybridized carbons (Fsp3) is 0.455. The number of nitro groups is 1. The molecule has 16 heavy (non-hydrogen) atoms. The lowest BCUT2D eigenvalue weighted by Crippen LogP contribution is -1.91. The maximum absolute atomic E-state index is 10.7. The summed E-state index contributed by atoms with van der Waals surface area (Å²) in [5.41, 5.74) is 1.16. The first-order valence-corrected chi connectivity index (χ1v) is 7.10. The minimum atomic E-state index is -0.357. The van der Waals surface area contributed by atoms with E-state index in [2.05, 4.69) is 22.9 Å². The van der Waals surface area contributed by atoms with E-state index in [9.17, 15) is 10.1 Å². The molecule has 0 unspecified atom stereocenters. The van der Waals surface area contributed by atoms with Crippen molar-refractivity contribution in [2.75, 3.05) is 5.75 Å². The van der Waals surface area contributed by atoms with Crippen molar-refractivity contribution in [1.82, 2.24) is 0 Å². The summed E-state index contributed by atoms with van der Waals surface area (Å²) in [6, 6.07) is 5.31. The molecule has 0 bridgehead atoms. The highest BCUT2D eigenvalue weighted by atomic mass is 79.9. The third kappa shape index (κ3) is 4.14. The van der Waals surface area contributed by atoms with E-state index in [1.165, 1.54) is 12.8 Å². The molecule has 0 spiro atoms. The van der Waals surface area contributed by atoms with Crippen molar-refractivity contribution < 1.29 is 4.92 Å². The van der Waals surface area contributed by atoms with E-state index in [1.807, 2.05) is 17.8 Å². The first-order valence-electron chi connectivity index (χ1n) is 5.15. The maximum atomic E-state index is 10.7. The number of thioether (sulfide) groups is 1. The normalized spacial score (nSPS) is 10.4. The van der Waals surface area contributed by atoms with Gasteiger partial charge in [0.15, 0.2) is 0 Å². The van der Waals surface area contributed by atoms with E-state index < -0.39 is 0 Å². The van der Waals surface area contributed by atoms with Gasteiger partial charge in [0.1, 0.15) is 0 Å². The van der Waals surface area contributed by atoms with Crippen LogP contribution in [0.2, 0.25) is 0 Å². The molecule has 0 heterocycles. The molecule has 0 aliphatic heterocycles. The average Bonchev–Trinajstić information content (AvgIpc) is 2.26. The molecular formula is C11H14BrNO2S. The fourth-order valence-electron chi connectivity index (χ4n) is 1.22. The van der Waals surface area contributed by atoms with E-state index in [-0.39, 0.29) is 10.6 Å². The van der Waals surface area contributed by atoms with E-state index in [4.69, 9.17) is 0 Å². The van der Waals surface area contributed by atoms with Crippen LogP contribution in [0, 0.1) is 10.1 Å². The number of nitrogens with zero attached hydrogens (tertiary/aromatic N) is 1. The van der Waals surface area contributed by atoms with Gasteiger partial charge >= 0.3 is 0 Å². The number of unbranched alkanes of at least 4 members (excludes halogenated alkanes) is 1. The number of benzene rings is 1. The van der Waals surface area contributed by atoms with Crippen molar-refractivity contribution in [3.63, 3.8) is 0 Å². The van der Waals surface area contributed by atoms with Gasteiger partial charge in [0.05, 0.1) is 9.40 Å². The minimum absolute atomic E-state index is 0.147. The van der Waals surface area contributed by atoms with Gasteiger partial charge in [-0.15, -0.1) is 0 Å². The van der Waals surface area contributed by atoms with Gasteiger partial charge in [0.2, 0.25) is 0 Å². The SMILES string of the molecule is CCCCSCc1ccc(Br)c([N+](=O)[O-])c1. The monoisotopic (exact) mass is 303 g/mol. The molecule has 5 heteroatoms. The quantitative estimate of drug-likeness (QED) is 0.445. The molecule has 0 amide bonds. The van der Waals surface area contributed by atoms with Crippen LogP contribution in [0.5, 0.6) is 0 Å². The van der Waals surface area contributed by atoms with Crippen molar-refractivity contribution in [3.05, 3.63) is 38.3 Å². The van der Waals surface area contributed by atoms with Gasteiger partial charge < -0.3 is 0 Å². The van der Waals surface area contributed by atoms with Gasteiger partial charge in [-0.3, -0.25) is 10.1 Å². The maximum Gasteiger partial charge on any atom is 0.283 e. The second-order valence-electron chi connectivity index (χ2n) is 3.45. The number of hydrogen-bond donors (Lipinski definition) is 0. The fourth-order valence-corrected chi connectivity index (χ4v) is 2.67. The molecule has 0 fully saturated rings. The Balaban J connectivity index is 2.61. The molecule has 0 radical (unpaired) electrons. The summed E-state index contributed by atoms with van der Waals surface area (Å²) >= 11 is 4.99. The zero-order chi connectivity index (χ0) is 12.0. The molecule has 0 aliphatic carbocycles. The van der Waals surface area contributed by atoms with Gasteiger partial charge in [-0.1, -0.05) is 19.4 Å². The third-order valence-corrected chi connectivity index (χ3v) is 3.90. The van der Waals surface area contributed by atoms with Crippen LogP contribution in [0.15, 0.2) is 22.7 Å². The lowest BCUT2D eigenvalue weighted by Gasteiger charge is -2.02. The van der Waals surface area contributed by atoms with Crippen LogP contribution in [-0.2, 0) is 5.75 Å². The van der Waals surface area contributed by atoms with E-state index in [0.717, 1.165) is 17.1 Å². The molecule has 1 aromatic rings. The Kier molecular flexibility index (Phi) is 5.84. The van der Waals surface area contributed by atoms with Gasteiger partial charge in [-0.05, 0) is 39.7 Å². The standard InChI is InChI=1S/C11H14BrNO2S/c1-2-3-6-16-8-9-4-5-10(12)11(7-9)13(14)15/h4-5,7H,2-3,6,8H2,1H3. The summed E-state index contributed by atoms with van der Waals surface area (Å²) in [4.78, 5) is 10.4. The zero-order valence-corrected chi connectivity index (χ0v) is 11.5. The topological polar surface area (TPSA) is 43.1 Å². The molecule has 88 valence electrons. The molecule has 0 aromatic heterocycles. The summed E-state index contributed by atoms with van der Waals surface area (Å²) < 4.78 is 0.541. The van der Waals surface area contributed by atoms with Crippen LogP contribution in [0.4, 0.5) is 5.69 Å².